The van der Waals surface area contributed by atoms with E-state index >= 15 is 0 Å². The molecule has 0 radical (unpaired) electrons. The van der Waals surface area contributed by atoms with Crippen molar-refractivity contribution in [3.8, 4) is 0 Å². The second kappa shape index (κ2) is 6.92. The van der Waals surface area contributed by atoms with Gasteiger partial charge in [0.1, 0.15) is 5.82 Å². The molecule has 0 bridgehead atoms. The van der Waals surface area contributed by atoms with Crippen molar-refractivity contribution in [2.75, 3.05) is 0 Å². The van der Waals surface area contributed by atoms with Crippen molar-refractivity contribution in [3.63, 3.8) is 0 Å². The zero-order chi connectivity index (χ0) is 13.8. The Hall–Kier alpha value is -0.300. The van der Waals surface area contributed by atoms with Gasteiger partial charge in [-0.25, -0.2) is 4.39 Å². The van der Waals surface area contributed by atoms with Crippen LogP contribution in [0.1, 0.15) is 11.3 Å². The van der Waals surface area contributed by atoms with Crippen molar-refractivity contribution in [2.45, 2.75) is 13.1 Å². The largest absolute Gasteiger partial charge is 0.307 e. The second-order valence-corrected chi connectivity index (χ2v) is 6.55. The lowest BCUT2D eigenvalue weighted by Gasteiger charge is -2.08. The Morgan fingerprint density at radius 1 is 1.05 bits per heavy atom. The zero-order valence-corrected chi connectivity index (χ0v) is 14.5. The third kappa shape index (κ3) is 4.34. The van der Waals surface area contributed by atoms with Gasteiger partial charge in [0.25, 0.3) is 0 Å². The van der Waals surface area contributed by atoms with E-state index < -0.39 is 0 Å². The molecule has 19 heavy (non-hydrogen) atoms. The Labute approximate surface area is 136 Å². The smallest absolute Gasteiger partial charge is 0.123 e. The van der Waals surface area contributed by atoms with Crippen LogP contribution in [0.15, 0.2) is 43.9 Å². The fourth-order valence-corrected chi connectivity index (χ4v) is 3.08. The van der Waals surface area contributed by atoms with Crippen LogP contribution < -0.4 is 5.32 Å². The number of hydrogen-bond donors (Lipinski definition) is 1. The molecule has 0 fully saturated rings. The van der Waals surface area contributed by atoms with E-state index in [-0.39, 0.29) is 5.82 Å². The van der Waals surface area contributed by atoms with Crippen molar-refractivity contribution in [1.29, 1.82) is 0 Å². The summed E-state index contributed by atoms with van der Waals surface area (Å²) in [6, 6.07) is 6.60. The van der Waals surface area contributed by atoms with E-state index in [4.69, 9.17) is 0 Å². The summed E-state index contributed by atoms with van der Waals surface area (Å²) in [7, 11) is 0. The molecule has 6 heteroatoms. The van der Waals surface area contributed by atoms with Gasteiger partial charge < -0.3 is 5.32 Å². The van der Waals surface area contributed by atoms with Crippen LogP contribution in [0.3, 0.4) is 0 Å². The van der Waals surface area contributed by atoms with Gasteiger partial charge in [0.2, 0.25) is 0 Å². The molecule has 0 spiro atoms. The highest BCUT2D eigenvalue weighted by atomic mass is 79.9. The molecule has 0 saturated heterocycles. The third-order valence-electron chi connectivity index (χ3n) is 2.50. The number of nitrogens with zero attached hydrogens (tertiary/aromatic N) is 1. The Kier molecular flexibility index (Phi) is 5.50. The van der Waals surface area contributed by atoms with E-state index in [9.17, 15) is 4.39 Å². The molecule has 1 N–H and O–H groups in total. The fourth-order valence-electron chi connectivity index (χ4n) is 1.57. The standard InChI is InChI=1S/C13H10Br3FN2/c14-9-4-12(16)13(19-6-9)7-18-5-8-3-10(17)1-2-11(8)15/h1-4,6,18H,5,7H2. The third-order valence-corrected chi connectivity index (χ3v) is 4.39. The van der Waals surface area contributed by atoms with Gasteiger partial charge in [0.15, 0.2) is 0 Å². The molecule has 1 heterocycles. The fraction of sp³-hybridized carbons (Fsp3) is 0.154. The molecule has 1 aromatic carbocycles. The minimum atomic E-state index is -0.233. The maximum Gasteiger partial charge on any atom is 0.123 e. The van der Waals surface area contributed by atoms with Gasteiger partial charge >= 0.3 is 0 Å². The lowest BCUT2D eigenvalue weighted by atomic mass is 10.2. The average Bonchev–Trinajstić information content (AvgIpc) is 2.36. The van der Waals surface area contributed by atoms with Crippen molar-refractivity contribution >= 4 is 47.8 Å². The van der Waals surface area contributed by atoms with Crippen LogP contribution in [0.25, 0.3) is 0 Å². The Balaban J connectivity index is 1.98. The SMILES string of the molecule is Fc1ccc(Br)c(CNCc2ncc(Br)cc2Br)c1. The van der Waals surface area contributed by atoms with Gasteiger partial charge in [0.05, 0.1) is 5.69 Å². The lowest BCUT2D eigenvalue weighted by Crippen LogP contribution is -2.14. The first-order valence-corrected chi connectivity index (χ1v) is 7.89. The van der Waals surface area contributed by atoms with Crippen LogP contribution in [0.2, 0.25) is 0 Å². The molecule has 0 atom stereocenters. The summed E-state index contributed by atoms with van der Waals surface area (Å²) in [4.78, 5) is 4.31. The van der Waals surface area contributed by atoms with Gasteiger partial charge in [-0.05, 0) is 61.7 Å². The molecule has 0 unspecified atom stereocenters. The van der Waals surface area contributed by atoms with Crippen LogP contribution in [0, 0.1) is 5.82 Å². The Morgan fingerprint density at radius 2 is 1.84 bits per heavy atom. The van der Waals surface area contributed by atoms with E-state index in [1.54, 1.807) is 12.3 Å². The number of benzene rings is 1. The summed E-state index contributed by atoms with van der Waals surface area (Å²) in [5.41, 5.74) is 1.80. The maximum atomic E-state index is 13.1. The minimum absolute atomic E-state index is 0.233. The highest BCUT2D eigenvalue weighted by Crippen LogP contribution is 2.20. The molecule has 1 aromatic heterocycles. The number of pyridine rings is 1. The Bertz CT molecular complexity index is 590. The van der Waals surface area contributed by atoms with Gasteiger partial charge in [-0.3, -0.25) is 4.98 Å². The minimum Gasteiger partial charge on any atom is -0.307 e. The molecule has 0 aliphatic carbocycles. The van der Waals surface area contributed by atoms with Crippen LogP contribution in [-0.2, 0) is 13.1 Å². The molecular formula is C13H10Br3FN2. The van der Waals surface area contributed by atoms with Crippen molar-refractivity contribution in [1.82, 2.24) is 10.3 Å². The van der Waals surface area contributed by atoms with Crippen molar-refractivity contribution < 1.29 is 4.39 Å². The summed E-state index contributed by atoms with van der Waals surface area (Å²) in [6.45, 7) is 1.18. The van der Waals surface area contributed by atoms with E-state index in [1.165, 1.54) is 12.1 Å². The van der Waals surface area contributed by atoms with Crippen LogP contribution in [0.4, 0.5) is 4.39 Å². The zero-order valence-electron chi connectivity index (χ0n) is 9.76. The molecule has 0 amide bonds. The van der Waals surface area contributed by atoms with Crippen LogP contribution in [0.5, 0.6) is 0 Å². The van der Waals surface area contributed by atoms with Crippen LogP contribution >= 0.6 is 47.8 Å². The predicted molar refractivity (Wildman–Crippen MR) is 84.3 cm³/mol. The normalized spacial score (nSPS) is 10.7. The molecule has 2 aromatic rings. The van der Waals surface area contributed by atoms with E-state index in [2.05, 4.69) is 58.1 Å². The average molecular weight is 453 g/mol. The summed E-state index contributed by atoms with van der Waals surface area (Å²) in [6.07, 6.45) is 1.75. The van der Waals surface area contributed by atoms with Crippen LogP contribution in [-0.4, -0.2) is 4.98 Å². The first-order chi connectivity index (χ1) is 9.06. The summed E-state index contributed by atoms with van der Waals surface area (Å²) >= 11 is 10.2. The molecule has 2 rings (SSSR count). The van der Waals surface area contributed by atoms with E-state index in [0.29, 0.717) is 13.1 Å². The maximum absolute atomic E-state index is 13.1. The number of nitrogens with one attached hydrogen (secondary N) is 1. The van der Waals surface area contributed by atoms with E-state index in [0.717, 1.165) is 24.7 Å². The summed E-state index contributed by atoms with van der Waals surface area (Å²) in [5.74, 6) is -0.233. The number of rotatable bonds is 4. The van der Waals surface area contributed by atoms with Gasteiger partial charge in [-0.2, -0.15) is 0 Å². The molecular weight excluding hydrogens is 443 g/mol. The molecule has 100 valence electrons. The Morgan fingerprint density at radius 3 is 2.58 bits per heavy atom. The quantitative estimate of drug-likeness (QED) is 0.721. The first kappa shape index (κ1) is 15.1. The molecule has 0 aliphatic rings. The van der Waals surface area contributed by atoms with Gasteiger partial charge in [-0.1, -0.05) is 15.9 Å². The lowest BCUT2D eigenvalue weighted by molar-refractivity contribution is 0.618. The van der Waals surface area contributed by atoms with Gasteiger partial charge in [-0.15, -0.1) is 0 Å². The highest BCUT2D eigenvalue weighted by molar-refractivity contribution is 9.11. The number of halogens is 4. The first-order valence-electron chi connectivity index (χ1n) is 5.51. The molecule has 2 nitrogen and oxygen atoms in total. The topological polar surface area (TPSA) is 24.9 Å². The molecule has 0 saturated carbocycles. The number of aromatic nitrogens is 1. The monoisotopic (exact) mass is 450 g/mol. The number of hydrogen-bond acceptors (Lipinski definition) is 2. The van der Waals surface area contributed by atoms with Crippen molar-refractivity contribution in [3.05, 3.63) is 61.0 Å². The van der Waals surface area contributed by atoms with E-state index in [1.807, 2.05) is 6.07 Å². The molecule has 0 aliphatic heterocycles. The summed E-state index contributed by atoms with van der Waals surface area (Å²) < 4.78 is 15.9. The highest BCUT2D eigenvalue weighted by Gasteiger charge is 2.04. The second-order valence-electron chi connectivity index (χ2n) is 3.92. The predicted octanol–water partition coefficient (Wildman–Crippen LogP) is 4.80. The summed E-state index contributed by atoms with van der Waals surface area (Å²) in [5, 5.41) is 3.24. The van der Waals surface area contributed by atoms with Crippen molar-refractivity contribution in [2.24, 2.45) is 0 Å². The van der Waals surface area contributed by atoms with Gasteiger partial charge in [0, 0.05) is 32.7 Å².